The van der Waals surface area contributed by atoms with Crippen molar-refractivity contribution in [2.24, 2.45) is 0 Å². The molecule has 1 heterocycles. The minimum atomic E-state index is -4.98. The van der Waals surface area contributed by atoms with Crippen LogP contribution in [0.15, 0.2) is 6.07 Å². The van der Waals surface area contributed by atoms with Crippen molar-refractivity contribution in [3.8, 4) is 5.75 Å². The summed E-state index contributed by atoms with van der Waals surface area (Å²) in [6, 6.07) is 0.551. The molecule has 1 aromatic rings. The molecule has 0 N–H and O–H groups in total. The molecule has 0 amide bonds. The van der Waals surface area contributed by atoms with Crippen LogP contribution in [0, 0.1) is 0 Å². The van der Waals surface area contributed by atoms with Crippen LogP contribution >= 0.6 is 0 Å². The molecule has 0 aliphatic heterocycles. The average molecular weight is 299 g/mol. The van der Waals surface area contributed by atoms with Gasteiger partial charge in [0.15, 0.2) is 11.4 Å². The maximum absolute atomic E-state index is 12.8. The largest absolute Gasteiger partial charge is 0.494 e. The number of aromatic nitrogens is 1. The van der Waals surface area contributed by atoms with Gasteiger partial charge in [-0.25, -0.2) is 18.6 Å². The molecule has 0 unspecified atom stereocenters. The quantitative estimate of drug-likeness (QED) is 0.632. The third-order valence-electron chi connectivity index (χ3n) is 2.21. The summed E-state index contributed by atoms with van der Waals surface area (Å²) in [5, 5.41) is 0. The van der Waals surface area contributed by atoms with Crippen LogP contribution in [0.4, 0.5) is 22.0 Å². The Balaban J connectivity index is 3.49. The topological polar surface area (TPSA) is 48.4 Å². The number of rotatable bonds is 4. The highest BCUT2D eigenvalue weighted by Crippen LogP contribution is 2.37. The van der Waals surface area contributed by atoms with Crippen molar-refractivity contribution >= 4 is 5.97 Å². The maximum atomic E-state index is 12.8. The number of esters is 1. The molecule has 112 valence electrons. The molecule has 1 aromatic heterocycles. The number of carbonyl (C=O) groups is 1. The molecule has 0 atom stereocenters. The Morgan fingerprint density at radius 3 is 2.40 bits per heavy atom. The summed E-state index contributed by atoms with van der Waals surface area (Å²) in [4.78, 5) is 14.3. The van der Waals surface area contributed by atoms with Gasteiger partial charge in [0.1, 0.15) is 5.69 Å². The highest BCUT2D eigenvalue weighted by molar-refractivity contribution is 5.91. The number of ether oxygens (including phenoxy) is 2. The number of pyridine rings is 1. The number of nitrogens with zero attached hydrogens (tertiary/aromatic N) is 1. The lowest BCUT2D eigenvalue weighted by molar-refractivity contribution is -0.142. The lowest BCUT2D eigenvalue weighted by Crippen LogP contribution is -2.17. The average Bonchev–Trinajstić information content (AvgIpc) is 2.36. The van der Waals surface area contributed by atoms with E-state index in [2.05, 4.69) is 14.5 Å². The zero-order chi connectivity index (χ0) is 15.5. The van der Waals surface area contributed by atoms with E-state index in [4.69, 9.17) is 0 Å². The SMILES string of the molecule is CCOC(=O)c1cc(OC)c(C(F)(F)F)nc1C(F)F. The van der Waals surface area contributed by atoms with E-state index >= 15 is 0 Å². The van der Waals surface area contributed by atoms with Crippen LogP contribution in [-0.2, 0) is 10.9 Å². The Morgan fingerprint density at radius 1 is 1.40 bits per heavy atom. The van der Waals surface area contributed by atoms with Crippen molar-refractivity contribution < 1.29 is 36.2 Å². The van der Waals surface area contributed by atoms with E-state index in [9.17, 15) is 26.7 Å². The molecule has 0 aliphatic carbocycles. The first kappa shape index (κ1) is 16.1. The van der Waals surface area contributed by atoms with Crippen molar-refractivity contribution in [3.05, 3.63) is 23.0 Å². The standard InChI is InChI=1S/C11H10F5NO3/c1-3-20-10(18)5-4-6(19-2)8(11(14,15)16)17-7(5)9(12)13/h4,9H,3H2,1-2H3. The second-order valence-corrected chi connectivity index (χ2v) is 3.49. The van der Waals surface area contributed by atoms with Gasteiger partial charge in [-0.15, -0.1) is 0 Å². The summed E-state index contributed by atoms with van der Waals surface area (Å²) in [7, 11) is 0.906. The Morgan fingerprint density at radius 2 is 2.00 bits per heavy atom. The van der Waals surface area contributed by atoms with E-state index in [0.29, 0.717) is 6.07 Å². The van der Waals surface area contributed by atoms with Crippen molar-refractivity contribution in [2.75, 3.05) is 13.7 Å². The second kappa shape index (κ2) is 6.02. The minimum Gasteiger partial charge on any atom is -0.494 e. The van der Waals surface area contributed by atoms with Gasteiger partial charge in [0.2, 0.25) is 0 Å². The molecule has 0 bridgehead atoms. The molecule has 0 spiro atoms. The van der Waals surface area contributed by atoms with Gasteiger partial charge >= 0.3 is 12.1 Å². The van der Waals surface area contributed by atoms with Crippen LogP contribution in [0.3, 0.4) is 0 Å². The van der Waals surface area contributed by atoms with Crippen LogP contribution in [0.1, 0.15) is 35.1 Å². The predicted molar refractivity (Wildman–Crippen MR) is 56.7 cm³/mol. The van der Waals surface area contributed by atoms with Gasteiger partial charge in [0, 0.05) is 0 Å². The smallest absolute Gasteiger partial charge is 0.437 e. The Bertz CT molecular complexity index is 502. The summed E-state index contributed by atoms with van der Waals surface area (Å²) >= 11 is 0. The van der Waals surface area contributed by atoms with Crippen LogP contribution in [-0.4, -0.2) is 24.7 Å². The Kier molecular flexibility index (Phi) is 4.85. The number of hydrogen-bond acceptors (Lipinski definition) is 4. The van der Waals surface area contributed by atoms with E-state index in [0.717, 1.165) is 7.11 Å². The summed E-state index contributed by atoms with van der Waals surface area (Å²) in [5.41, 5.74) is -3.67. The van der Waals surface area contributed by atoms with E-state index in [1.807, 2.05) is 0 Å². The fraction of sp³-hybridized carbons (Fsp3) is 0.455. The first-order chi connectivity index (χ1) is 9.22. The van der Waals surface area contributed by atoms with Gasteiger partial charge in [-0.2, -0.15) is 13.2 Å². The fourth-order valence-corrected chi connectivity index (χ4v) is 1.41. The number of halogens is 5. The van der Waals surface area contributed by atoms with Gasteiger partial charge in [0.25, 0.3) is 6.43 Å². The first-order valence-electron chi connectivity index (χ1n) is 5.33. The highest BCUT2D eigenvalue weighted by atomic mass is 19.4. The zero-order valence-corrected chi connectivity index (χ0v) is 10.4. The monoisotopic (exact) mass is 299 g/mol. The van der Waals surface area contributed by atoms with Gasteiger partial charge in [-0.3, -0.25) is 0 Å². The molecule has 0 saturated carbocycles. The van der Waals surface area contributed by atoms with Gasteiger partial charge < -0.3 is 9.47 Å². The molecule has 4 nitrogen and oxygen atoms in total. The third-order valence-corrected chi connectivity index (χ3v) is 2.21. The molecular formula is C11H10F5NO3. The van der Waals surface area contributed by atoms with E-state index in [-0.39, 0.29) is 6.61 Å². The van der Waals surface area contributed by atoms with Crippen molar-refractivity contribution in [1.82, 2.24) is 4.98 Å². The summed E-state index contributed by atoms with van der Waals surface area (Å²) in [6.07, 6.45) is -8.34. The molecule has 0 fully saturated rings. The summed E-state index contributed by atoms with van der Waals surface area (Å²) in [6.45, 7) is 1.31. The van der Waals surface area contributed by atoms with Crippen molar-refractivity contribution in [2.45, 2.75) is 19.5 Å². The van der Waals surface area contributed by atoms with Crippen molar-refractivity contribution in [3.63, 3.8) is 0 Å². The van der Waals surface area contributed by atoms with Gasteiger partial charge in [-0.1, -0.05) is 0 Å². The summed E-state index contributed by atoms with van der Waals surface area (Å²) < 4.78 is 72.4. The Labute approximate surface area is 110 Å². The predicted octanol–water partition coefficient (Wildman–Crippen LogP) is 3.22. The normalized spacial score (nSPS) is 11.6. The maximum Gasteiger partial charge on any atom is 0.437 e. The molecule has 0 radical (unpaired) electrons. The molecule has 9 heteroatoms. The van der Waals surface area contributed by atoms with Crippen LogP contribution < -0.4 is 4.74 Å². The fourth-order valence-electron chi connectivity index (χ4n) is 1.41. The second-order valence-electron chi connectivity index (χ2n) is 3.49. The zero-order valence-electron chi connectivity index (χ0n) is 10.4. The highest BCUT2D eigenvalue weighted by Gasteiger charge is 2.39. The summed E-state index contributed by atoms with van der Waals surface area (Å²) in [5.74, 6) is -2.02. The molecule has 1 rings (SSSR count). The molecular weight excluding hydrogens is 289 g/mol. The number of alkyl halides is 5. The third kappa shape index (κ3) is 3.34. The van der Waals surface area contributed by atoms with E-state index in [1.54, 1.807) is 0 Å². The van der Waals surface area contributed by atoms with Crippen LogP contribution in [0.2, 0.25) is 0 Å². The van der Waals surface area contributed by atoms with Gasteiger partial charge in [0.05, 0.1) is 19.3 Å². The van der Waals surface area contributed by atoms with Crippen molar-refractivity contribution in [1.29, 1.82) is 0 Å². The first-order valence-corrected chi connectivity index (χ1v) is 5.33. The van der Waals surface area contributed by atoms with Gasteiger partial charge in [-0.05, 0) is 13.0 Å². The lowest BCUT2D eigenvalue weighted by atomic mass is 10.1. The minimum absolute atomic E-state index is 0.120. The Hall–Kier alpha value is -1.93. The number of methoxy groups -OCH3 is 1. The van der Waals surface area contributed by atoms with Crippen LogP contribution in [0.25, 0.3) is 0 Å². The van der Waals surface area contributed by atoms with E-state index in [1.165, 1.54) is 6.92 Å². The lowest BCUT2D eigenvalue weighted by Gasteiger charge is -2.15. The molecule has 20 heavy (non-hydrogen) atoms. The molecule has 0 aliphatic rings. The molecule has 0 saturated heterocycles. The van der Waals surface area contributed by atoms with E-state index < -0.39 is 41.3 Å². The number of carbonyl (C=O) groups excluding carboxylic acids is 1. The molecule has 0 aromatic carbocycles. The van der Waals surface area contributed by atoms with Crippen LogP contribution in [0.5, 0.6) is 5.75 Å². The number of hydrogen-bond donors (Lipinski definition) is 0.